The highest BCUT2D eigenvalue weighted by atomic mass is 32.2. The van der Waals surface area contributed by atoms with Crippen molar-refractivity contribution in [3.8, 4) is 0 Å². The second kappa shape index (κ2) is 4.26. The molecule has 1 fully saturated rings. The Labute approximate surface area is 92.0 Å². The van der Waals surface area contributed by atoms with Gasteiger partial charge in [0.05, 0.1) is 4.75 Å². The van der Waals surface area contributed by atoms with Crippen LogP contribution in [-0.4, -0.2) is 17.3 Å². The third-order valence-electron chi connectivity index (χ3n) is 3.68. The first-order chi connectivity index (χ1) is 6.43. The van der Waals surface area contributed by atoms with Crippen molar-refractivity contribution in [3.05, 3.63) is 0 Å². The molecule has 0 aliphatic heterocycles. The molecule has 1 nitrogen and oxygen atoms in total. The molecule has 0 aromatic carbocycles. The van der Waals surface area contributed by atoms with Crippen LogP contribution < -0.4 is 0 Å². The van der Waals surface area contributed by atoms with Crippen LogP contribution in [0.1, 0.15) is 46.5 Å². The summed E-state index contributed by atoms with van der Waals surface area (Å²) in [6, 6.07) is 0. The monoisotopic (exact) mass is 214 g/mol. The molecule has 0 atom stereocenters. The second-order valence-electron chi connectivity index (χ2n) is 5.53. The Kier molecular flexibility index (Phi) is 3.68. The predicted molar refractivity (Wildman–Crippen MR) is 63.7 cm³/mol. The Morgan fingerprint density at radius 3 is 2.07 bits per heavy atom. The van der Waals surface area contributed by atoms with Gasteiger partial charge >= 0.3 is 0 Å². The highest BCUT2D eigenvalue weighted by Crippen LogP contribution is 2.45. The van der Waals surface area contributed by atoms with E-state index in [9.17, 15) is 4.79 Å². The molecule has 0 heterocycles. The van der Waals surface area contributed by atoms with Crippen LogP contribution in [0.25, 0.3) is 0 Å². The highest BCUT2D eigenvalue weighted by molar-refractivity contribution is 8.00. The Morgan fingerprint density at radius 2 is 1.79 bits per heavy atom. The van der Waals surface area contributed by atoms with Gasteiger partial charge < -0.3 is 4.79 Å². The fourth-order valence-electron chi connectivity index (χ4n) is 2.34. The van der Waals surface area contributed by atoms with E-state index in [4.69, 9.17) is 0 Å². The Balaban J connectivity index is 2.57. The Hall–Kier alpha value is 0.0200. The topological polar surface area (TPSA) is 17.1 Å². The smallest absolute Gasteiger partial charge is 0.136 e. The molecule has 0 radical (unpaired) electrons. The van der Waals surface area contributed by atoms with E-state index in [2.05, 4.69) is 27.0 Å². The molecular weight excluding hydrogens is 192 g/mol. The lowest BCUT2D eigenvalue weighted by Crippen LogP contribution is -2.36. The van der Waals surface area contributed by atoms with Crippen molar-refractivity contribution in [3.63, 3.8) is 0 Å². The first-order valence-electron chi connectivity index (χ1n) is 5.45. The normalized spacial score (nSPS) is 34.1. The van der Waals surface area contributed by atoms with Crippen molar-refractivity contribution >= 4 is 18.0 Å². The van der Waals surface area contributed by atoms with Crippen molar-refractivity contribution in [1.29, 1.82) is 0 Å². The lowest BCUT2D eigenvalue weighted by molar-refractivity contribution is -0.110. The van der Waals surface area contributed by atoms with Crippen molar-refractivity contribution in [2.75, 3.05) is 6.26 Å². The SMILES string of the molecule is CSC1(C=O)CCC(C(C)(C)C)CC1. The molecule has 0 unspecified atom stereocenters. The van der Waals surface area contributed by atoms with Gasteiger partial charge in [0.1, 0.15) is 6.29 Å². The Morgan fingerprint density at radius 1 is 1.29 bits per heavy atom. The summed E-state index contributed by atoms with van der Waals surface area (Å²) in [5.41, 5.74) is 0.410. The lowest BCUT2D eigenvalue weighted by atomic mass is 9.70. The molecule has 0 saturated heterocycles. The fraction of sp³-hybridized carbons (Fsp3) is 0.917. The van der Waals surface area contributed by atoms with Crippen LogP contribution in [0.4, 0.5) is 0 Å². The maximum atomic E-state index is 11.0. The number of hydrogen-bond donors (Lipinski definition) is 0. The van der Waals surface area contributed by atoms with Crippen molar-refractivity contribution < 1.29 is 4.79 Å². The molecule has 0 bridgehead atoms. The molecule has 82 valence electrons. The van der Waals surface area contributed by atoms with Crippen LogP contribution in [0, 0.1) is 11.3 Å². The number of hydrogen-bond acceptors (Lipinski definition) is 2. The molecule has 0 aromatic rings. The van der Waals surface area contributed by atoms with Gasteiger partial charge in [-0.1, -0.05) is 20.8 Å². The first kappa shape index (κ1) is 12.1. The van der Waals surface area contributed by atoms with Crippen molar-refractivity contribution in [2.45, 2.75) is 51.2 Å². The maximum absolute atomic E-state index is 11.0. The largest absolute Gasteiger partial charge is 0.302 e. The van der Waals surface area contributed by atoms with Gasteiger partial charge in [-0.3, -0.25) is 0 Å². The van der Waals surface area contributed by atoms with E-state index in [1.165, 1.54) is 19.1 Å². The molecule has 1 aliphatic rings. The molecule has 0 spiro atoms. The molecule has 1 saturated carbocycles. The van der Waals surface area contributed by atoms with E-state index >= 15 is 0 Å². The lowest BCUT2D eigenvalue weighted by Gasteiger charge is -2.40. The summed E-state index contributed by atoms with van der Waals surface area (Å²) in [6.45, 7) is 6.93. The quantitative estimate of drug-likeness (QED) is 0.654. The highest BCUT2D eigenvalue weighted by Gasteiger charge is 2.37. The van der Waals surface area contributed by atoms with E-state index in [0.29, 0.717) is 5.41 Å². The molecule has 0 amide bonds. The number of carbonyl (C=O) groups is 1. The average Bonchev–Trinajstić information content (AvgIpc) is 2.16. The first-order valence-corrected chi connectivity index (χ1v) is 6.67. The predicted octanol–water partition coefficient (Wildman–Crippen LogP) is 3.52. The van der Waals surface area contributed by atoms with Gasteiger partial charge in [-0.05, 0) is 43.3 Å². The maximum Gasteiger partial charge on any atom is 0.136 e. The van der Waals surface area contributed by atoms with Gasteiger partial charge in [-0.15, -0.1) is 0 Å². The molecule has 1 aliphatic carbocycles. The summed E-state index contributed by atoms with van der Waals surface area (Å²) in [6.07, 6.45) is 7.80. The molecule has 0 aromatic heterocycles. The molecule has 1 rings (SSSR count). The molecule has 2 heteroatoms. The van der Waals surface area contributed by atoms with Gasteiger partial charge in [0.2, 0.25) is 0 Å². The van der Waals surface area contributed by atoms with Crippen LogP contribution in [-0.2, 0) is 4.79 Å². The van der Waals surface area contributed by atoms with Gasteiger partial charge in [0.25, 0.3) is 0 Å². The summed E-state index contributed by atoms with van der Waals surface area (Å²) >= 11 is 1.74. The van der Waals surface area contributed by atoms with Crippen LogP contribution in [0.15, 0.2) is 0 Å². The minimum Gasteiger partial charge on any atom is -0.302 e. The zero-order valence-electron chi connectivity index (χ0n) is 9.80. The third kappa shape index (κ3) is 2.53. The molecule has 14 heavy (non-hydrogen) atoms. The summed E-state index contributed by atoms with van der Waals surface area (Å²) in [7, 11) is 0. The van der Waals surface area contributed by atoms with Crippen molar-refractivity contribution in [2.24, 2.45) is 11.3 Å². The number of thioether (sulfide) groups is 1. The summed E-state index contributed by atoms with van der Waals surface area (Å²) in [5, 5.41) is 0. The van der Waals surface area contributed by atoms with Crippen LogP contribution in [0.2, 0.25) is 0 Å². The van der Waals surface area contributed by atoms with E-state index in [1.807, 2.05) is 0 Å². The summed E-state index contributed by atoms with van der Waals surface area (Å²) in [4.78, 5) is 11.0. The minimum atomic E-state index is -0.0538. The number of carbonyl (C=O) groups excluding carboxylic acids is 1. The third-order valence-corrected chi connectivity index (χ3v) is 5.00. The van der Waals surface area contributed by atoms with E-state index in [-0.39, 0.29) is 4.75 Å². The fourth-order valence-corrected chi connectivity index (χ4v) is 3.08. The van der Waals surface area contributed by atoms with Crippen LogP contribution in [0.5, 0.6) is 0 Å². The number of rotatable bonds is 2. The van der Waals surface area contributed by atoms with Crippen LogP contribution in [0.3, 0.4) is 0 Å². The number of aldehydes is 1. The van der Waals surface area contributed by atoms with E-state index in [1.54, 1.807) is 11.8 Å². The molecule has 0 N–H and O–H groups in total. The van der Waals surface area contributed by atoms with Gasteiger partial charge in [-0.2, -0.15) is 11.8 Å². The van der Waals surface area contributed by atoms with E-state index < -0.39 is 0 Å². The zero-order chi connectivity index (χ0) is 10.8. The minimum absolute atomic E-state index is 0.0538. The standard InChI is InChI=1S/C12H22OS/c1-11(2,3)10-5-7-12(9-13,14-4)8-6-10/h9-10H,5-8H2,1-4H3. The van der Waals surface area contributed by atoms with E-state index in [0.717, 1.165) is 18.8 Å². The summed E-state index contributed by atoms with van der Waals surface area (Å²) < 4.78 is -0.0538. The average molecular weight is 214 g/mol. The summed E-state index contributed by atoms with van der Waals surface area (Å²) in [5.74, 6) is 0.794. The van der Waals surface area contributed by atoms with Gasteiger partial charge in [-0.25, -0.2) is 0 Å². The molecular formula is C12H22OS. The Bertz CT molecular complexity index is 197. The van der Waals surface area contributed by atoms with Gasteiger partial charge in [0, 0.05) is 0 Å². The second-order valence-corrected chi connectivity index (χ2v) is 6.75. The van der Waals surface area contributed by atoms with Crippen LogP contribution >= 0.6 is 11.8 Å². The van der Waals surface area contributed by atoms with Gasteiger partial charge in [0.15, 0.2) is 0 Å². The van der Waals surface area contributed by atoms with Crippen molar-refractivity contribution in [1.82, 2.24) is 0 Å². The zero-order valence-corrected chi connectivity index (χ0v) is 10.6.